The molecule has 148 valence electrons. The SMILES string of the molecule is COc1cc2c(cc1OC)C1(CCOCC1)C[NH2+]C2c1cccc([N+](=O)[O-])c1. The molecule has 0 radical (unpaired) electrons. The largest absolute Gasteiger partial charge is 0.493 e. The summed E-state index contributed by atoms with van der Waals surface area (Å²) in [7, 11) is 3.28. The lowest BCUT2D eigenvalue weighted by Crippen LogP contribution is -2.91. The van der Waals surface area contributed by atoms with Crippen molar-refractivity contribution in [3.05, 3.63) is 63.2 Å². The number of rotatable bonds is 4. The molecular formula is C21H25N2O5+. The first-order valence-corrected chi connectivity index (χ1v) is 9.50. The highest BCUT2D eigenvalue weighted by molar-refractivity contribution is 5.54. The number of methoxy groups -OCH3 is 2. The lowest BCUT2D eigenvalue weighted by atomic mass is 9.68. The Labute approximate surface area is 163 Å². The second-order valence-electron chi connectivity index (χ2n) is 7.46. The first kappa shape index (κ1) is 18.7. The van der Waals surface area contributed by atoms with Crippen LogP contribution in [0.4, 0.5) is 5.69 Å². The molecule has 0 amide bonds. The molecular weight excluding hydrogens is 360 g/mol. The Hall–Kier alpha value is -2.64. The van der Waals surface area contributed by atoms with E-state index in [1.807, 2.05) is 12.1 Å². The van der Waals surface area contributed by atoms with Gasteiger partial charge in [0.15, 0.2) is 11.5 Å². The molecule has 2 aliphatic heterocycles. The van der Waals surface area contributed by atoms with Crippen molar-refractivity contribution >= 4 is 5.69 Å². The van der Waals surface area contributed by atoms with Gasteiger partial charge in [0.1, 0.15) is 6.04 Å². The van der Waals surface area contributed by atoms with Gasteiger partial charge in [0.25, 0.3) is 5.69 Å². The number of hydrogen-bond acceptors (Lipinski definition) is 5. The Morgan fingerprint density at radius 1 is 1.14 bits per heavy atom. The first-order valence-electron chi connectivity index (χ1n) is 9.50. The molecule has 1 unspecified atom stereocenters. The van der Waals surface area contributed by atoms with Crippen LogP contribution >= 0.6 is 0 Å². The standard InChI is InChI=1S/C21H24N2O5/c1-26-18-11-16-17(12-19(18)27-2)21(6-8-28-9-7-21)13-22-20(16)14-4-3-5-15(10-14)23(24)25/h3-5,10-12,20,22H,6-9,13H2,1-2H3/p+1. The van der Waals surface area contributed by atoms with Crippen molar-refractivity contribution in [3.8, 4) is 11.5 Å². The molecule has 7 nitrogen and oxygen atoms in total. The fraction of sp³-hybridized carbons (Fsp3) is 0.429. The van der Waals surface area contributed by atoms with E-state index >= 15 is 0 Å². The summed E-state index contributed by atoms with van der Waals surface area (Å²) in [5.74, 6) is 1.39. The van der Waals surface area contributed by atoms with Gasteiger partial charge >= 0.3 is 0 Å². The molecule has 4 rings (SSSR count). The maximum Gasteiger partial charge on any atom is 0.269 e. The third-order valence-electron chi connectivity index (χ3n) is 6.10. The maximum atomic E-state index is 11.3. The number of nitro groups is 1. The van der Waals surface area contributed by atoms with Gasteiger partial charge in [-0.2, -0.15) is 0 Å². The summed E-state index contributed by atoms with van der Waals surface area (Å²) in [5.41, 5.74) is 3.42. The minimum atomic E-state index is -0.345. The van der Waals surface area contributed by atoms with Crippen LogP contribution in [-0.2, 0) is 10.2 Å². The van der Waals surface area contributed by atoms with Crippen LogP contribution in [0, 0.1) is 10.1 Å². The highest BCUT2D eigenvalue weighted by atomic mass is 16.6. The molecule has 2 aliphatic rings. The monoisotopic (exact) mass is 385 g/mol. The highest BCUT2D eigenvalue weighted by Gasteiger charge is 2.45. The molecule has 28 heavy (non-hydrogen) atoms. The molecule has 0 bridgehead atoms. The Morgan fingerprint density at radius 2 is 1.86 bits per heavy atom. The predicted octanol–water partition coefficient (Wildman–Crippen LogP) is 2.33. The van der Waals surface area contributed by atoms with Gasteiger partial charge in [0.05, 0.1) is 25.7 Å². The Bertz CT molecular complexity index is 892. The maximum absolute atomic E-state index is 11.3. The Kier molecular flexibility index (Phi) is 4.95. The van der Waals surface area contributed by atoms with Gasteiger partial charge < -0.3 is 19.5 Å². The van der Waals surface area contributed by atoms with Crippen LogP contribution in [0.15, 0.2) is 36.4 Å². The van der Waals surface area contributed by atoms with E-state index in [4.69, 9.17) is 14.2 Å². The number of nitrogens with zero attached hydrogens (tertiary/aromatic N) is 1. The van der Waals surface area contributed by atoms with Gasteiger partial charge in [-0.25, -0.2) is 0 Å². The van der Waals surface area contributed by atoms with Crippen LogP contribution in [0.3, 0.4) is 0 Å². The normalized spacial score (nSPS) is 20.4. The molecule has 2 N–H and O–H groups in total. The number of quaternary nitrogens is 1. The Morgan fingerprint density at radius 3 is 2.54 bits per heavy atom. The smallest absolute Gasteiger partial charge is 0.269 e. The van der Waals surface area contributed by atoms with Crippen molar-refractivity contribution in [2.45, 2.75) is 24.3 Å². The van der Waals surface area contributed by atoms with E-state index in [0.717, 1.165) is 43.7 Å². The third-order valence-corrected chi connectivity index (χ3v) is 6.10. The van der Waals surface area contributed by atoms with Gasteiger partial charge in [-0.05, 0) is 30.5 Å². The lowest BCUT2D eigenvalue weighted by molar-refractivity contribution is -0.699. The molecule has 1 spiro atoms. The molecule has 1 saturated heterocycles. The average molecular weight is 385 g/mol. The van der Waals surface area contributed by atoms with Crippen LogP contribution < -0.4 is 14.8 Å². The van der Waals surface area contributed by atoms with E-state index in [9.17, 15) is 10.1 Å². The topological polar surface area (TPSA) is 87.4 Å². The number of ether oxygens (including phenoxy) is 3. The quantitative estimate of drug-likeness (QED) is 0.645. The molecule has 7 heteroatoms. The molecule has 1 fully saturated rings. The minimum Gasteiger partial charge on any atom is -0.493 e. The summed E-state index contributed by atoms with van der Waals surface area (Å²) in [5, 5.41) is 13.5. The van der Waals surface area contributed by atoms with Crippen molar-refractivity contribution < 1.29 is 24.5 Å². The summed E-state index contributed by atoms with van der Waals surface area (Å²) in [4.78, 5) is 10.9. The van der Waals surface area contributed by atoms with Crippen molar-refractivity contribution in [3.63, 3.8) is 0 Å². The fourth-order valence-electron chi connectivity index (χ4n) is 4.57. The molecule has 2 aromatic carbocycles. The van der Waals surface area contributed by atoms with Crippen LogP contribution in [0.2, 0.25) is 0 Å². The van der Waals surface area contributed by atoms with E-state index in [0.29, 0.717) is 11.5 Å². The van der Waals surface area contributed by atoms with Crippen molar-refractivity contribution in [2.75, 3.05) is 34.0 Å². The molecule has 0 saturated carbocycles. The van der Waals surface area contributed by atoms with Crippen molar-refractivity contribution in [1.29, 1.82) is 0 Å². The first-order chi connectivity index (χ1) is 13.6. The zero-order valence-corrected chi connectivity index (χ0v) is 16.1. The van der Waals surface area contributed by atoms with E-state index in [2.05, 4.69) is 11.4 Å². The number of fused-ring (bicyclic) bond motifs is 2. The van der Waals surface area contributed by atoms with Gasteiger partial charge in [-0.1, -0.05) is 12.1 Å². The van der Waals surface area contributed by atoms with Gasteiger partial charge in [-0.3, -0.25) is 10.1 Å². The molecule has 1 atom stereocenters. The average Bonchev–Trinajstić information content (AvgIpc) is 2.74. The second-order valence-corrected chi connectivity index (χ2v) is 7.46. The summed E-state index contributed by atoms with van der Waals surface area (Å²) in [6.45, 7) is 2.39. The van der Waals surface area contributed by atoms with Gasteiger partial charge in [0.2, 0.25) is 0 Å². The zero-order valence-electron chi connectivity index (χ0n) is 16.1. The number of hydrogen-bond donors (Lipinski definition) is 1. The summed E-state index contributed by atoms with van der Waals surface area (Å²) < 4.78 is 16.7. The molecule has 2 heterocycles. The van der Waals surface area contributed by atoms with E-state index in [1.165, 1.54) is 11.6 Å². The second kappa shape index (κ2) is 7.41. The highest BCUT2D eigenvalue weighted by Crippen LogP contribution is 2.45. The minimum absolute atomic E-state index is 0.0182. The zero-order chi connectivity index (χ0) is 19.7. The van der Waals surface area contributed by atoms with Crippen LogP contribution in [-0.4, -0.2) is 38.9 Å². The van der Waals surface area contributed by atoms with Gasteiger partial charge in [0, 0.05) is 41.9 Å². The summed E-state index contributed by atoms with van der Waals surface area (Å²) in [6, 6.07) is 11.0. The summed E-state index contributed by atoms with van der Waals surface area (Å²) >= 11 is 0. The summed E-state index contributed by atoms with van der Waals surface area (Å²) in [6.07, 6.45) is 1.90. The molecule has 0 aromatic heterocycles. The fourth-order valence-corrected chi connectivity index (χ4v) is 4.57. The van der Waals surface area contributed by atoms with E-state index in [-0.39, 0.29) is 22.1 Å². The number of nitrogens with two attached hydrogens (primary N) is 1. The van der Waals surface area contributed by atoms with E-state index in [1.54, 1.807) is 26.4 Å². The van der Waals surface area contributed by atoms with Crippen molar-refractivity contribution in [1.82, 2.24) is 0 Å². The number of benzene rings is 2. The predicted molar refractivity (Wildman–Crippen MR) is 103 cm³/mol. The number of non-ortho nitro benzene ring substituents is 1. The Balaban J connectivity index is 1.86. The molecule has 0 aliphatic carbocycles. The van der Waals surface area contributed by atoms with Crippen LogP contribution in [0.5, 0.6) is 11.5 Å². The number of nitro benzene ring substituents is 1. The molecule has 2 aromatic rings. The third kappa shape index (κ3) is 3.10. The van der Waals surface area contributed by atoms with Gasteiger partial charge in [-0.15, -0.1) is 0 Å². The van der Waals surface area contributed by atoms with E-state index < -0.39 is 0 Å². The van der Waals surface area contributed by atoms with Crippen LogP contribution in [0.25, 0.3) is 0 Å². The van der Waals surface area contributed by atoms with Crippen molar-refractivity contribution in [2.24, 2.45) is 0 Å². The van der Waals surface area contributed by atoms with Crippen LogP contribution in [0.1, 0.15) is 35.6 Å². The lowest BCUT2D eigenvalue weighted by Gasteiger charge is -2.42.